The molecule has 0 bridgehead atoms. The van der Waals surface area contributed by atoms with E-state index in [2.05, 4.69) is 5.32 Å². The van der Waals surface area contributed by atoms with Gasteiger partial charge in [0.05, 0.1) is 13.0 Å². The van der Waals surface area contributed by atoms with Gasteiger partial charge in [-0.05, 0) is 12.1 Å². The van der Waals surface area contributed by atoms with Crippen molar-refractivity contribution in [1.29, 1.82) is 0 Å². The number of benzene rings is 1. The van der Waals surface area contributed by atoms with E-state index < -0.39 is 0 Å². The van der Waals surface area contributed by atoms with Gasteiger partial charge in [-0.25, -0.2) is 0 Å². The summed E-state index contributed by atoms with van der Waals surface area (Å²) < 4.78 is 5.37. The van der Waals surface area contributed by atoms with Gasteiger partial charge in [0.2, 0.25) is 5.91 Å². The first-order valence-electron chi connectivity index (χ1n) is 5.17. The third-order valence-electron chi connectivity index (χ3n) is 1.92. The molecule has 5 nitrogen and oxygen atoms in total. The van der Waals surface area contributed by atoms with Gasteiger partial charge in [0, 0.05) is 24.8 Å². The molecule has 0 atom stereocenters. The molecule has 1 amide bonds. The van der Waals surface area contributed by atoms with Crippen LogP contribution in [0.5, 0.6) is 5.75 Å². The van der Waals surface area contributed by atoms with E-state index in [1.54, 1.807) is 0 Å². The average molecular weight is 223 g/mol. The Morgan fingerprint density at radius 3 is 2.94 bits per heavy atom. The third kappa shape index (κ3) is 4.65. The van der Waals surface area contributed by atoms with Gasteiger partial charge in [0.15, 0.2) is 0 Å². The Morgan fingerprint density at radius 2 is 2.25 bits per heavy atom. The lowest BCUT2D eigenvalue weighted by molar-refractivity contribution is -0.118. The molecule has 0 saturated carbocycles. The fourth-order valence-corrected chi connectivity index (χ4v) is 1.18. The minimum Gasteiger partial charge on any atom is -0.493 e. The number of nitrogens with one attached hydrogen (secondary N) is 1. The van der Waals surface area contributed by atoms with Gasteiger partial charge in [0.1, 0.15) is 5.75 Å². The van der Waals surface area contributed by atoms with E-state index in [4.69, 9.17) is 16.2 Å². The van der Waals surface area contributed by atoms with Crippen molar-refractivity contribution in [2.45, 2.75) is 6.42 Å². The van der Waals surface area contributed by atoms with Crippen molar-refractivity contribution < 1.29 is 9.53 Å². The summed E-state index contributed by atoms with van der Waals surface area (Å²) in [6, 6.07) is 7.49. The van der Waals surface area contributed by atoms with Crippen LogP contribution in [-0.2, 0) is 4.79 Å². The molecule has 0 aliphatic heterocycles. The fourth-order valence-electron chi connectivity index (χ4n) is 1.18. The molecular formula is C11H17N3O2. The number of amides is 1. The molecule has 1 aromatic carbocycles. The van der Waals surface area contributed by atoms with Crippen LogP contribution in [0, 0.1) is 0 Å². The third-order valence-corrected chi connectivity index (χ3v) is 1.92. The maximum Gasteiger partial charge on any atom is 0.220 e. The van der Waals surface area contributed by atoms with Crippen LogP contribution in [0.4, 0.5) is 5.69 Å². The summed E-state index contributed by atoms with van der Waals surface area (Å²) in [4.78, 5) is 10.5. The predicted molar refractivity (Wildman–Crippen MR) is 63.3 cm³/mol. The Kier molecular flexibility index (Phi) is 5.15. The lowest BCUT2D eigenvalue weighted by atomic mass is 10.3. The van der Waals surface area contributed by atoms with Gasteiger partial charge in [-0.2, -0.15) is 0 Å². The highest BCUT2D eigenvalue weighted by molar-refractivity contribution is 5.73. The van der Waals surface area contributed by atoms with E-state index in [-0.39, 0.29) is 12.3 Å². The van der Waals surface area contributed by atoms with E-state index in [9.17, 15) is 4.79 Å². The molecule has 1 aromatic rings. The maximum absolute atomic E-state index is 10.5. The summed E-state index contributed by atoms with van der Waals surface area (Å²) in [5, 5.41) is 3.14. The summed E-state index contributed by atoms with van der Waals surface area (Å²) in [7, 11) is 0. The Balaban J connectivity index is 2.43. The highest BCUT2D eigenvalue weighted by Gasteiger charge is 1.98. The van der Waals surface area contributed by atoms with E-state index in [1.807, 2.05) is 24.3 Å². The van der Waals surface area contributed by atoms with Gasteiger partial charge >= 0.3 is 0 Å². The summed E-state index contributed by atoms with van der Waals surface area (Å²) in [5.74, 6) is 0.348. The van der Waals surface area contributed by atoms with Crippen molar-refractivity contribution in [3.05, 3.63) is 24.3 Å². The lowest BCUT2D eigenvalue weighted by Crippen LogP contribution is -2.15. The minimum atomic E-state index is -0.364. The van der Waals surface area contributed by atoms with Crippen molar-refractivity contribution >= 4 is 11.6 Å². The molecule has 0 aromatic heterocycles. The molecule has 1 rings (SSSR count). The normalized spacial score (nSPS) is 9.81. The number of hydrogen-bond donors (Lipinski definition) is 3. The quantitative estimate of drug-likeness (QED) is 0.620. The molecule has 0 fully saturated rings. The Morgan fingerprint density at radius 1 is 1.44 bits per heavy atom. The molecule has 88 valence electrons. The smallest absolute Gasteiger partial charge is 0.220 e. The zero-order chi connectivity index (χ0) is 11.8. The summed E-state index contributed by atoms with van der Waals surface area (Å²) in [6.07, 6.45) is 0.223. The molecule has 0 unspecified atom stereocenters. The molecule has 0 saturated heterocycles. The van der Waals surface area contributed by atoms with E-state index in [0.717, 1.165) is 5.69 Å². The highest BCUT2D eigenvalue weighted by atomic mass is 16.5. The second kappa shape index (κ2) is 6.68. The molecule has 0 heterocycles. The highest BCUT2D eigenvalue weighted by Crippen LogP contribution is 2.17. The van der Waals surface area contributed by atoms with Crippen LogP contribution >= 0.6 is 0 Å². The SMILES string of the molecule is NCCNc1cccc(OCCC(N)=O)c1. The van der Waals surface area contributed by atoms with E-state index in [1.165, 1.54) is 0 Å². The molecule has 5 N–H and O–H groups in total. The number of anilines is 1. The van der Waals surface area contributed by atoms with Gasteiger partial charge in [-0.1, -0.05) is 6.07 Å². The van der Waals surface area contributed by atoms with Crippen molar-refractivity contribution in [2.24, 2.45) is 11.5 Å². The lowest BCUT2D eigenvalue weighted by Gasteiger charge is -2.08. The van der Waals surface area contributed by atoms with Crippen molar-refractivity contribution in [3.8, 4) is 5.75 Å². The van der Waals surface area contributed by atoms with Crippen LogP contribution < -0.4 is 21.5 Å². The van der Waals surface area contributed by atoms with Crippen LogP contribution in [0.3, 0.4) is 0 Å². The first-order chi connectivity index (χ1) is 7.72. The van der Waals surface area contributed by atoms with E-state index >= 15 is 0 Å². The molecule has 5 heteroatoms. The van der Waals surface area contributed by atoms with Crippen LogP contribution in [0.1, 0.15) is 6.42 Å². The Labute approximate surface area is 94.8 Å². The van der Waals surface area contributed by atoms with Crippen molar-refractivity contribution in [1.82, 2.24) is 0 Å². The Hall–Kier alpha value is -1.75. The molecule has 0 aliphatic carbocycles. The summed E-state index contributed by atoms with van der Waals surface area (Å²) in [5.41, 5.74) is 11.3. The molecule has 0 spiro atoms. The topological polar surface area (TPSA) is 90.4 Å². The number of rotatable bonds is 7. The van der Waals surface area contributed by atoms with Crippen molar-refractivity contribution in [3.63, 3.8) is 0 Å². The van der Waals surface area contributed by atoms with Gasteiger partial charge in [-0.15, -0.1) is 0 Å². The van der Waals surface area contributed by atoms with Crippen LogP contribution in [0.25, 0.3) is 0 Å². The number of carbonyl (C=O) groups is 1. The molecule has 16 heavy (non-hydrogen) atoms. The number of nitrogens with two attached hydrogens (primary N) is 2. The number of hydrogen-bond acceptors (Lipinski definition) is 4. The monoisotopic (exact) mass is 223 g/mol. The summed E-state index contributed by atoms with van der Waals surface area (Å²) >= 11 is 0. The van der Waals surface area contributed by atoms with Crippen LogP contribution in [0.15, 0.2) is 24.3 Å². The zero-order valence-corrected chi connectivity index (χ0v) is 9.11. The Bertz CT molecular complexity index is 342. The molecular weight excluding hydrogens is 206 g/mol. The first kappa shape index (κ1) is 12.3. The number of carbonyl (C=O) groups excluding carboxylic acids is 1. The predicted octanol–water partition coefficient (Wildman–Crippen LogP) is 0.311. The van der Waals surface area contributed by atoms with Crippen molar-refractivity contribution in [2.75, 3.05) is 25.0 Å². The van der Waals surface area contributed by atoms with E-state index in [0.29, 0.717) is 25.4 Å². The second-order valence-corrected chi connectivity index (χ2v) is 3.31. The van der Waals surface area contributed by atoms with Gasteiger partial charge in [0.25, 0.3) is 0 Å². The standard InChI is InChI=1S/C11H17N3O2/c12-5-6-14-9-2-1-3-10(8-9)16-7-4-11(13)15/h1-3,8,14H,4-7,12H2,(H2,13,15). The minimum absolute atomic E-state index is 0.223. The van der Waals surface area contributed by atoms with Crippen LogP contribution in [-0.4, -0.2) is 25.6 Å². The van der Waals surface area contributed by atoms with Gasteiger partial charge < -0.3 is 21.5 Å². The maximum atomic E-state index is 10.5. The molecule has 0 aliphatic rings. The van der Waals surface area contributed by atoms with Crippen LogP contribution in [0.2, 0.25) is 0 Å². The fraction of sp³-hybridized carbons (Fsp3) is 0.364. The number of primary amides is 1. The second-order valence-electron chi connectivity index (χ2n) is 3.31. The largest absolute Gasteiger partial charge is 0.493 e. The first-order valence-corrected chi connectivity index (χ1v) is 5.17. The zero-order valence-electron chi connectivity index (χ0n) is 9.11. The summed E-state index contributed by atoms with van der Waals surface area (Å²) in [6.45, 7) is 1.59. The molecule has 0 radical (unpaired) electrons. The average Bonchev–Trinajstić information content (AvgIpc) is 2.26. The van der Waals surface area contributed by atoms with Gasteiger partial charge in [-0.3, -0.25) is 4.79 Å². The number of ether oxygens (including phenoxy) is 1.